The van der Waals surface area contributed by atoms with Gasteiger partial charge in [-0.1, -0.05) is 30.6 Å². The fourth-order valence-corrected chi connectivity index (χ4v) is 4.14. The second-order valence-electron chi connectivity index (χ2n) is 6.52. The molecular weight excluding hydrogens is 366 g/mol. The van der Waals surface area contributed by atoms with Crippen molar-refractivity contribution < 1.29 is 14.3 Å². The van der Waals surface area contributed by atoms with Crippen molar-refractivity contribution in [2.24, 2.45) is 5.92 Å². The maximum absolute atomic E-state index is 12.5. The van der Waals surface area contributed by atoms with Crippen LogP contribution in [0.15, 0.2) is 18.2 Å². The van der Waals surface area contributed by atoms with E-state index in [0.29, 0.717) is 27.4 Å². The lowest BCUT2D eigenvalue weighted by molar-refractivity contribution is -0.120. The Bertz CT molecular complexity index is 961. The highest BCUT2D eigenvalue weighted by molar-refractivity contribution is 7.20. The summed E-state index contributed by atoms with van der Waals surface area (Å²) in [5, 5.41) is 16.4. The molecule has 4 rings (SSSR count). The van der Waals surface area contributed by atoms with E-state index in [1.165, 1.54) is 17.8 Å². The highest BCUT2D eigenvalue weighted by atomic mass is 32.1. The molecule has 1 aliphatic carbocycles. The van der Waals surface area contributed by atoms with Crippen molar-refractivity contribution in [3.05, 3.63) is 18.2 Å². The van der Waals surface area contributed by atoms with Crippen molar-refractivity contribution in [3.8, 4) is 22.9 Å². The summed E-state index contributed by atoms with van der Waals surface area (Å²) < 4.78 is 12.3. The normalized spacial score (nSPS) is 15.0. The Kier molecular flexibility index (Phi) is 4.93. The summed E-state index contributed by atoms with van der Waals surface area (Å²) in [6.45, 7) is 0. The quantitative estimate of drug-likeness (QED) is 0.722. The van der Waals surface area contributed by atoms with E-state index in [1.54, 1.807) is 18.7 Å². The van der Waals surface area contributed by atoms with Crippen LogP contribution in [0.1, 0.15) is 32.1 Å². The average molecular weight is 387 g/mol. The van der Waals surface area contributed by atoms with Crippen LogP contribution in [0, 0.1) is 5.92 Å². The van der Waals surface area contributed by atoms with Gasteiger partial charge in [0.1, 0.15) is 0 Å². The molecule has 1 saturated carbocycles. The fourth-order valence-electron chi connectivity index (χ4n) is 3.40. The summed E-state index contributed by atoms with van der Waals surface area (Å²) in [7, 11) is 3.18. The molecule has 1 N–H and O–H groups in total. The number of rotatable bonds is 5. The summed E-state index contributed by atoms with van der Waals surface area (Å²) in [5.41, 5.74) is 0.801. The number of carbonyl (C=O) groups excluding carboxylic acids is 1. The topological polar surface area (TPSA) is 90.6 Å². The Morgan fingerprint density at radius 2 is 1.93 bits per heavy atom. The maximum Gasteiger partial charge on any atom is 0.236 e. The SMILES string of the molecule is COc1ccc(-c2nnc3sc(NC(=O)C4CCCCC4)nn23)cc1OC. The standard InChI is InChI=1S/C18H21N5O3S/c1-25-13-9-8-12(10-14(13)26-2)15-20-21-18-23(15)22-17(27-18)19-16(24)11-6-4-3-5-7-11/h8-11H,3-7H2,1-2H3,(H,19,22,24). The van der Waals surface area contributed by atoms with Crippen LogP contribution in [0.5, 0.6) is 11.5 Å². The summed E-state index contributed by atoms with van der Waals surface area (Å²) in [6.07, 6.45) is 5.36. The number of methoxy groups -OCH3 is 2. The zero-order chi connectivity index (χ0) is 18.8. The van der Waals surface area contributed by atoms with Gasteiger partial charge in [-0.15, -0.1) is 15.3 Å². The number of ether oxygens (including phenoxy) is 2. The Balaban J connectivity index is 1.60. The molecule has 0 aliphatic heterocycles. The number of anilines is 1. The van der Waals surface area contributed by atoms with Crippen LogP contribution in [0.2, 0.25) is 0 Å². The number of carbonyl (C=O) groups is 1. The molecule has 2 heterocycles. The van der Waals surface area contributed by atoms with Gasteiger partial charge in [-0.3, -0.25) is 4.79 Å². The lowest BCUT2D eigenvalue weighted by Gasteiger charge is -2.19. The third-order valence-electron chi connectivity index (χ3n) is 4.84. The molecule has 1 aliphatic rings. The van der Waals surface area contributed by atoms with E-state index in [-0.39, 0.29) is 11.8 Å². The molecule has 2 aromatic heterocycles. The van der Waals surface area contributed by atoms with Crippen LogP contribution in [0.4, 0.5) is 5.13 Å². The minimum absolute atomic E-state index is 0.0485. The molecule has 3 aromatic rings. The number of fused-ring (bicyclic) bond motifs is 1. The van der Waals surface area contributed by atoms with Crippen LogP contribution in [0.25, 0.3) is 16.3 Å². The van der Waals surface area contributed by atoms with E-state index in [9.17, 15) is 4.79 Å². The first-order valence-corrected chi connectivity index (χ1v) is 9.76. The highest BCUT2D eigenvalue weighted by Crippen LogP contribution is 2.33. The van der Waals surface area contributed by atoms with Gasteiger partial charge in [0.25, 0.3) is 0 Å². The molecule has 1 amide bonds. The predicted octanol–water partition coefficient (Wildman–Crippen LogP) is 3.39. The molecular formula is C18H21N5O3S. The Morgan fingerprint density at radius 3 is 2.67 bits per heavy atom. The molecule has 9 heteroatoms. The molecule has 0 bridgehead atoms. The number of benzene rings is 1. The van der Waals surface area contributed by atoms with E-state index in [4.69, 9.17) is 9.47 Å². The number of hydrogen-bond donors (Lipinski definition) is 1. The fraction of sp³-hybridized carbons (Fsp3) is 0.444. The lowest BCUT2D eigenvalue weighted by Crippen LogP contribution is -2.24. The van der Waals surface area contributed by atoms with Gasteiger partial charge in [-0.25, -0.2) is 0 Å². The second-order valence-corrected chi connectivity index (χ2v) is 7.48. The number of nitrogens with one attached hydrogen (secondary N) is 1. The first kappa shape index (κ1) is 17.7. The van der Waals surface area contributed by atoms with Gasteiger partial charge in [-0.2, -0.15) is 4.52 Å². The Morgan fingerprint density at radius 1 is 1.15 bits per heavy atom. The molecule has 27 heavy (non-hydrogen) atoms. The van der Waals surface area contributed by atoms with Crippen molar-refractivity contribution in [2.75, 3.05) is 19.5 Å². The molecule has 1 aromatic carbocycles. The maximum atomic E-state index is 12.5. The monoisotopic (exact) mass is 387 g/mol. The largest absolute Gasteiger partial charge is 0.493 e. The molecule has 0 spiro atoms. The van der Waals surface area contributed by atoms with Crippen LogP contribution in [-0.4, -0.2) is 39.9 Å². The van der Waals surface area contributed by atoms with Crippen LogP contribution >= 0.6 is 11.3 Å². The smallest absolute Gasteiger partial charge is 0.236 e. The van der Waals surface area contributed by atoms with Gasteiger partial charge in [0, 0.05) is 11.5 Å². The van der Waals surface area contributed by atoms with Crippen LogP contribution in [-0.2, 0) is 4.79 Å². The molecule has 1 fully saturated rings. The van der Waals surface area contributed by atoms with Gasteiger partial charge in [0.05, 0.1) is 14.2 Å². The van der Waals surface area contributed by atoms with Crippen molar-refractivity contribution in [3.63, 3.8) is 0 Å². The molecule has 0 atom stereocenters. The van der Waals surface area contributed by atoms with Crippen LogP contribution in [0.3, 0.4) is 0 Å². The average Bonchev–Trinajstić information content (AvgIpc) is 3.28. The van der Waals surface area contributed by atoms with Crippen molar-refractivity contribution >= 4 is 27.3 Å². The molecule has 0 unspecified atom stereocenters. The number of aromatic nitrogens is 4. The summed E-state index contributed by atoms with van der Waals surface area (Å²) in [4.78, 5) is 13.1. The summed E-state index contributed by atoms with van der Waals surface area (Å²) in [6, 6.07) is 5.51. The number of hydrogen-bond acceptors (Lipinski definition) is 7. The molecule has 8 nitrogen and oxygen atoms in total. The Labute approximate surface area is 160 Å². The predicted molar refractivity (Wildman–Crippen MR) is 102 cm³/mol. The zero-order valence-corrected chi connectivity index (χ0v) is 16.1. The molecule has 0 saturated heterocycles. The zero-order valence-electron chi connectivity index (χ0n) is 15.3. The molecule has 0 radical (unpaired) electrons. The van der Waals surface area contributed by atoms with Gasteiger partial charge in [0.2, 0.25) is 16.0 Å². The third kappa shape index (κ3) is 3.46. The van der Waals surface area contributed by atoms with Crippen molar-refractivity contribution in [2.45, 2.75) is 32.1 Å². The van der Waals surface area contributed by atoms with Gasteiger partial charge >= 0.3 is 0 Å². The van der Waals surface area contributed by atoms with Gasteiger partial charge in [-0.05, 0) is 31.0 Å². The van der Waals surface area contributed by atoms with E-state index in [2.05, 4.69) is 20.6 Å². The summed E-state index contributed by atoms with van der Waals surface area (Å²) >= 11 is 1.31. The van der Waals surface area contributed by atoms with E-state index >= 15 is 0 Å². The minimum Gasteiger partial charge on any atom is -0.493 e. The van der Waals surface area contributed by atoms with Gasteiger partial charge in [0.15, 0.2) is 17.3 Å². The van der Waals surface area contributed by atoms with E-state index < -0.39 is 0 Å². The first-order valence-electron chi connectivity index (χ1n) is 8.95. The molecule has 142 valence electrons. The lowest BCUT2D eigenvalue weighted by atomic mass is 9.89. The minimum atomic E-state index is 0.0485. The number of nitrogens with zero attached hydrogens (tertiary/aromatic N) is 4. The van der Waals surface area contributed by atoms with Crippen molar-refractivity contribution in [1.29, 1.82) is 0 Å². The number of amides is 1. The van der Waals surface area contributed by atoms with Gasteiger partial charge < -0.3 is 14.8 Å². The second kappa shape index (κ2) is 7.51. The van der Waals surface area contributed by atoms with Crippen LogP contribution < -0.4 is 14.8 Å². The van der Waals surface area contributed by atoms with E-state index in [1.807, 2.05) is 18.2 Å². The summed E-state index contributed by atoms with van der Waals surface area (Å²) in [5.74, 6) is 1.96. The highest BCUT2D eigenvalue weighted by Gasteiger charge is 2.23. The Hall–Kier alpha value is -2.68. The third-order valence-corrected chi connectivity index (χ3v) is 5.65. The van der Waals surface area contributed by atoms with Crippen molar-refractivity contribution in [1.82, 2.24) is 19.8 Å². The van der Waals surface area contributed by atoms with E-state index in [0.717, 1.165) is 31.2 Å². The first-order chi connectivity index (χ1) is 13.2.